The van der Waals surface area contributed by atoms with Crippen molar-refractivity contribution in [3.63, 3.8) is 0 Å². The molecule has 0 atom stereocenters. The topological polar surface area (TPSA) is 66.7 Å². The molecule has 124 valence electrons. The molecule has 0 aliphatic carbocycles. The van der Waals surface area contributed by atoms with E-state index in [1.54, 1.807) is 4.90 Å². The van der Waals surface area contributed by atoms with Crippen molar-refractivity contribution in [2.24, 2.45) is 0 Å². The first-order valence-electron chi connectivity index (χ1n) is 7.59. The van der Waals surface area contributed by atoms with E-state index in [9.17, 15) is 14.9 Å². The number of rotatable bonds is 3. The van der Waals surface area contributed by atoms with Crippen LogP contribution in [0, 0.1) is 10.1 Å². The molecule has 1 heterocycles. The van der Waals surface area contributed by atoms with Gasteiger partial charge in [0.05, 0.1) is 4.92 Å². The van der Waals surface area contributed by atoms with E-state index in [4.69, 9.17) is 11.6 Å². The Morgan fingerprint density at radius 3 is 2.33 bits per heavy atom. The van der Waals surface area contributed by atoms with Crippen LogP contribution in [0.2, 0.25) is 5.02 Å². The second-order valence-corrected chi connectivity index (χ2v) is 5.97. The Kier molecular flexibility index (Phi) is 4.66. The third-order valence-corrected chi connectivity index (χ3v) is 4.31. The summed E-state index contributed by atoms with van der Waals surface area (Å²) in [6, 6.07) is 14.1. The first-order chi connectivity index (χ1) is 11.6. The SMILES string of the molecule is O=C(c1ccc(Cl)cc1[N+](=O)[O-])N1CCN(c2ccccc2)CC1. The number of hydrogen-bond acceptors (Lipinski definition) is 4. The lowest BCUT2D eigenvalue weighted by Gasteiger charge is -2.36. The molecule has 2 aromatic carbocycles. The maximum absolute atomic E-state index is 12.6. The van der Waals surface area contributed by atoms with Gasteiger partial charge in [-0.15, -0.1) is 0 Å². The Bertz CT molecular complexity index is 759. The van der Waals surface area contributed by atoms with Crippen LogP contribution in [0.15, 0.2) is 48.5 Å². The lowest BCUT2D eigenvalue weighted by molar-refractivity contribution is -0.385. The predicted octanol–water partition coefficient (Wildman–Crippen LogP) is 3.21. The average molecular weight is 346 g/mol. The Morgan fingerprint density at radius 2 is 1.71 bits per heavy atom. The van der Waals surface area contributed by atoms with Crippen LogP contribution in [-0.2, 0) is 0 Å². The van der Waals surface area contributed by atoms with Crippen molar-refractivity contribution in [1.82, 2.24) is 4.90 Å². The highest BCUT2D eigenvalue weighted by atomic mass is 35.5. The van der Waals surface area contributed by atoms with Gasteiger partial charge in [-0.25, -0.2) is 0 Å². The summed E-state index contributed by atoms with van der Waals surface area (Å²) in [5.41, 5.74) is 0.942. The van der Waals surface area contributed by atoms with Gasteiger partial charge in [0, 0.05) is 43.0 Å². The first kappa shape index (κ1) is 16.3. The number of carbonyl (C=O) groups is 1. The average Bonchev–Trinajstić information content (AvgIpc) is 2.62. The maximum atomic E-state index is 12.6. The number of benzene rings is 2. The second kappa shape index (κ2) is 6.88. The number of nitro benzene ring substituents is 1. The summed E-state index contributed by atoms with van der Waals surface area (Å²) < 4.78 is 0. The van der Waals surface area contributed by atoms with E-state index < -0.39 is 4.92 Å². The van der Waals surface area contributed by atoms with Crippen molar-refractivity contribution in [3.8, 4) is 0 Å². The van der Waals surface area contributed by atoms with Gasteiger partial charge in [0.15, 0.2) is 0 Å². The zero-order chi connectivity index (χ0) is 17.1. The van der Waals surface area contributed by atoms with Gasteiger partial charge in [-0.1, -0.05) is 29.8 Å². The fraction of sp³-hybridized carbons (Fsp3) is 0.235. The minimum atomic E-state index is -0.570. The number of amides is 1. The van der Waals surface area contributed by atoms with Gasteiger partial charge < -0.3 is 9.80 Å². The molecule has 7 heteroatoms. The van der Waals surface area contributed by atoms with Gasteiger partial charge in [0.2, 0.25) is 0 Å². The van der Waals surface area contributed by atoms with Crippen LogP contribution in [0.3, 0.4) is 0 Å². The minimum Gasteiger partial charge on any atom is -0.368 e. The van der Waals surface area contributed by atoms with Gasteiger partial charge in [0.25, 0.3) is 11.6 Å². The molecule has 1 aliphatic heterocycles. The summed E-state index contributed by atoms with van der Waals surface area (Å²) in [6.07, 6.45) is 0. The third-order valence-electron chi connectivity index (χ3n) is 4.08. The van der Waals surface area contributed by atoms with Crippen LogP contribution >= 0.6 is 11.6 Å². The highest BCUT2D eigenvalue weighted by molar-refractivity contribution is 6.31. The predicted molar refractivity (Wildman–Crippen MR) is 92.7 cm³/mol. The van der Waals surface area contributed by atoms with Crippen molar-refractivity contribution >= 4 is 28.9 Å². The molecule has 0 unspecified atom stereocenters. The quantitative estimate of drug-likeness (QED) is 0.633. The van der Waals surface area contributed by atoms with E-state index in [0.29, 0.717) is 26.2 Å². The second-order valence-electron chi connectivity index (χ2n) is 5.53. The molecule has 0 saturated carbocycles. The standard InChI is InChI=1S/C17H16ClN3O3/c18-13-6-7-15(16(12-13)21(23)24)17(22)20-10-8-19(9-11-20)14-4-2-1-3-5-14/h1-7,12H,8-11H2. The molecule has 6 nitrogen and oxygen atoms in total. The lowest BCUT2D eigenvalue weighted by Crippen LogP contribution is -2.48. The number of hydrogen-bond donors (Lipinski definition) is 0. The molecular formula is C17H16ClN3O3. The minimum absolute atomic E-state index is 0.0811. The normalized spacial score (nSPS) is 14.5. The summed E-state index contributed by atoms with van der Waals surface area (Å²) in [5, 5.41) is 11.4. The van der Waals surface area contributed by atoms with Crippen molar-refractivity contribution in [2.75, 3.05) is 31.1 Å². The summed E-state index contributed by atoms with van der Waals surface area (Å²) >= 11 is 5.80. The van der Waals surface area contributed by atoms with Gasteiger partial charge in [-0.05, 0) is 24.3 Å². The number of anilines is 1. The van der Waals surface area contributed by atoms with Gasteiger partial charge in [-0.3, -0.25) is 14.9 Å². The molecule has 0 radical (unpaired) electrons. The van der Waals surface area contributed by atoms with Crippen LogP contribution < -0.4 is 4.90 Å². The van der Waals surface area contributed by atoms with E-state index in [-0.39, 0.29) is 22.2 Å². The summed E-state index contributed by atoms with van der Waals surface area (Å²) in [5.74, 6) is -0.328. The molecule has 0 bridgehead atoms. The fourth-order valence-electron chi connectivity index (χ4n) is 2.81. The number of carbonyl (C=O) groups excluding carboxylic acids is 1. The lowest BCUT2D eigenvalue weighted by atomic mass is 10.1. The molecule has 0 aromatic heterocycles. The summed E-state index contributed by atoms with van der Waals surface area (Å²) in [7, 11) is 0. The first-order valence-corrected chi connectivity index (χ1v) is 7.97. The smallest absolute Gasteiger partial charge is 0.283 e. The molecule has 1 fully saturated rings. The van der Waals surface area contributed by atoms with Crippen LogP contribution in [0.25, 0.3) is 0 Å². The van der Waals surface area contributed by atoms with Gasteiger partial charge in [0.1, 0.15) is 5.56 Å². The Balaban J connectivity index is 1.73. The van der Waals surface area contributed by atoms with Crippen LogP contribution in [0.5, 0.6) is 0 Å². The number of nitro groups is 1. The number of piperazine rings is 1. The van der Waals surface area contributed by atoms with Crippen LogP contribution in [0.1, 0.15) is 10.4 Å². The number of halogens is 1. The Morgan fingerprint density at radius 1 is 1.04 bits per heavy atom. The molecule has 0 N–H and O–H groups in total. The third kappa shape index (κ3) is 3.33. The van der Waals surface area contributed by atoms with E-state index >= 15 is 0 Å². The molecular weight excluding hydrogens is 330 g/mol. The van der Waals surface area contributed by atoms with E-state index in [1.165, 1.54) is 18.2 Å². The molecule has 2 aromatic rings. The van der Waals surface area contributed by atoms with Crippen LogP contribution in [-0.4, -0.2) is 41.9 Å². The van der Waals surface area contributed by atoms with Crippen molar-refractivity contribution in [3.05, 3.63) is 69.2 Å². The summed E-state index contributed by atoms with van der Waals surface area (Å²) in [4.78, 5) is 27.1. The van der Waals surface area contributed by atoms with Crippen molar-refractivity contribution in [1.29, 1.82) is 0 Å². The molecule has 3 rings (SSSR count). The van der Waals surface area contributed by atoms with Crippen molar-refractivity contribution < 1.29 is 9.72 Å². The maximum Gasteiger partial charge on any atom is 0.283 e. The van der Waals surface area contributed by atoms with Gasteiger partial charge in [-0.2, -0.15) is 0 Å². The Labute approximate surface area is 144 Å². The molecule has 0 spiro atoms. The summed E-state index contributed by atoms with van der Waals surface area (Å²) in [6.45, 7) is 2.43. The molecule has 1 amide bonds. The molecule has 24 heavy (non-hydrogen) atoms. The zero-order valence-electron chi connectivity index (χ0n) is 12.9. The van der Waals surface area contributed by atoms with E-state index in [0.717, 1.165) is 5.69 Å². The Hall–Kier alpha value is -2.60. The zero-order valence-corrected chi connectivity index (χ0v) is 13.6. The number of para-hydroxylation sites is 1. The highest BCUT2D eigenvalue weighted by Gasteiger charge is 2.27. The molecule has 1 aliphatic rings. The van der Waals surface area contributed by atoms with E-state index in [1.807, 2.05) is 30.3 Å². The van der Waals surface area contributed by atoms with E-state index in [2.05, 4.69) is 4.90 Å². The highest BCUT2D eigenvalue weighted by Crippen LogP contribution is 2.25. The number of nitrogens with zero attached hydrogens (tertiary/aromatic N) is 3. The molecule has 1 saturated heterocycles. The van der Waals surface area contributed by atoms with Crippen LogP contribution in [0.4, 0.5) is 11.4 Å². The monoisotopic (exact) mass is 345 g/mol. The fourth-order valence-corrected chi connectivity index (χ4v) is 2.98. The van der Waals surface area contributed by atoms with Gasteiger partial charge >= 0.3 is 0 Å². The van der Waals surface area contributed by atoms with Crippen molar-refractivity contribution in [2.45, 2.75) is 0 Å². The largest absolute Gasteiger partial charge is 0.368 e.